The van der Waals surface area contributed by atoms with Crippen LogP contribution in [0.25, 0.3) is 0 Å². The summed E-state index contributed by atoms with van der Waals surface area (Å²) in [6.07, 6.45) is 26.8. The number of likely N-dealkylation sites (tertiary alicyclic amines) is 1. The first-order chi connectivity index (χ1) is 14.3. The van der Waals surface area contributed by atoms with Crippen molar-refractivity contribution in [3.8, 4) is 0 Å². The Hall–Kier alpha value is 0.560. The number of hydrogen-bond donors (Lipinski definition) is 1. The van der Waals surface area contributed by atoms with E-state index in [0.29, 0.717) is 0 Å². The molecule has 182 valence electrons. The molecule has 0 amide bonds. The van der Waals surface area contributed by atoms with Crippen molar-refractivity contribution in [1.29, 1.82) is 0 Å². The maximum absolute atomic E-state index is 10.2. The zero-order chi connectivity index (χ0) is 20.8. The van der Waals surface area contributed by atoms with Crippen LogP contribution < -0.4 is 0 Å². The molecule has 0 bridgehead atoms. The van der Waals surface area contributed by atoms with E-state index in [1.54, 1.807) is 0 Å². The maximum atomic E-state index is 10.2. The van der Waals surface area contributed by atoms with Crippen LogP contribution in [0.2, 0.25) is 0 Å². The van der Waals surface area contributed by atoms with Gasteiger partial charge in [0.15, 0.2) is 0 Å². The number of rotatable bonds is 21. The van der Waals surface area contributed by atoms with E-state index in [0.717, 1.165) is 12.3 Å². The first kappa shape index (κ1) is 30.6. The third-order valence-electron chi connectivity index (χ3n) is 6.37. The third kappa shape index (κ3) is 20.5. The topological polar surface area (TPSA) is 23.5 Å². The van der Waals surface area contributed by atoms with Crippen LogP contribution in [0.15, 0.2) is 0 Å². The number of nitrogens with zero attached hydrogens (tertiary/aromatic N) is 1. The van der Waals surface area contributed by atoms with Crippen molar-refractivity contribution in [2.45, 2.75) is 135 Å². The van der Waals surface area contributed by atoms with Crippen molar-refractivity contribution in [2.24, 2.45) is 0 Å². The van der Waals surface area contributed by atoms with E-state index in [9.17, 15) is 5.11 Å². The minimum atomic E-state index is -0.126. The van der Waals surface area contributed by atoms with E-state index in [1.807, 2.05) is 11.8 Å². The van der Waals surface area contributed by atoms with E-state index in [4.69, 9.17) is 0 Å². The van der Waals surface area contributed by atoms with E-state index < -0.39 is 0 Å². The fourth-order valence-electron chi connectivity index (χ4n) is 4.46. The molecule has 1 rings (SSSR count). The highest BCUT2D eigenvalue weighted by atomic mass is 35.5. The van der Waals surface area contributed by atoms with E-state index in [1.165, 1.54) is 141 Å². The number of piperidine rings is 1. The van der Waals surface area contributed by atoms with Gasteiger partial charge in [-0.3, -0.25) is 0 Å². The number of aliphatic hydroxyl groups is 1. The Morgan fingerprint density at radius 3 is 1.57 bits per heavy atom. The highest BCUT2D eigenvalue weighted by Gasteiger charge is 2.14. The summed E-state index contributed by atoms with van der Waals surface area (Å²) in [5, 5.41) is 10.2. The molecule has 1 aliphatic heterocycles. The van der Waals surface area contributed by atoms with Crippen LogP contribution in [0.4, 0.5) is 0 Å². The van der Waals surface area contributed by atoms with Gasteiger partial charge in [-0.15, -0.1) is 12.4 Å². The highest BCUT2D eigenvalue weighted by Crippen LogP contribution is 2.15. The zero-order valence-corrected chi connectivity index (χ0v) is 21.9. The lowest BCUT2D eigenvalue weighted by Gasteiger charge is -2.28. The molecular formula is C26H54ClNOS. The van der Waals surface area contributed by atoms with Crippen LogP contribution >= 0.6 is 24.2 Å². The van der Waals surface area contributed by atoms with Gasteiger partial charge in [0.25, 0.3) is 0 Å². The van der Waals surface area contributed by atoms with Crippen LogP contribution in [0.3, 0.4) is 0 Å². The largest absolute Gasteiger partial charge is 0.391 e. The average molecular weight is 464 g/mol. The second-order valence-corrected chi connectivity index (χ2v) is 10.5. The first-order valence-electron chi connectivity index (χ1n) is 13.3. The lowest BCUT2D eigenvalue weighted by atomic mass is 10.0. The maximum Gasteiger partial charge on any atom is 0.0757 e. The Morgan fingerprint density at radius 2 is 1.10 bits per heavy atom. The van der Waals surface area contributed by atoms with Crippen LogP contribution in [-0.2, 0) is 0 Å². The molecule has 0 aromatic rings. The highest BCUT2D eigenvalue weighted by molar-refractivity contribution is 7.99. The average Bonchev–Trinajstić information content (AvgIpc) is 2.73. The number of aliphatic hydroxyl groups excluding tert-OH is 1. The van der Waals surface area contributed by atoms with Crippen LogP contribution in [0, 0.1) is 0 Å². The molecule has 30 heavy (non-hydrogen) atoms. The molecular weight excluding hydrogens is 410 g/mol. The predicted molar refractivity (Wildman–Crippen MR) is 140 cm³/mol. The number of hydrogen-bond acceptors (Lipinski definition) is 3. The normalized spacial score (nSPS) is 15.8. The molecule has 1 N–H and O–H groups in total. The molecule has 1 heterocycles. The fraction of sp³-hybridized carbons (Fsp3) is 1.00. The van der Waals surface area contributed by atoms with Gasteiger partial charge in [-0.1, -0.05) is 110 Å². The number of thioether (sulfide) groups is 1. The van der Waals surface area contributed by atoms with Crippen molar-refractivity contribution in [2.75, 3.05) is 31.1 Å². The SMILES string of the molecule is CCCCCCCCCCCCCCCCCCSCC(O)CN1CCCCC1.Cl. The lowest BCUT2D eigenvalue weighted by molar-refractivity contribution is 0.117. The lowest BCUT2D eigenvalue weighted by Crippen LogP contribution is -2.37. The minimum absolute atomic E-state index is 0. The number of halogens is 1. The van der Waals surface area contributed by atoms with E-state index in [-0.39, 0.29) is 18.5 Å². The molecule has 0 aromatic heterocycles. The first-order valence-corrected chi connectivity index (χ1v) is 14.5. The second kappa shape index (κ2) is 24.2. The van der Waals surface area contributed by atoms with Crippen molar-refractivity contribution < 1.29 is 5.11 Å². The van der Waals surface area contributed by atoms with Gasteiger partial charge in [-0.05, 0) is 38.1 Å². The quantitative estimate of drug-likeness (QED) is 0.173. The van der Waals surface area contributed by atoms with Crippen LogP contribution in [0.5, 0.6) is 0 Å². The van der Waals surface area contributed by atoms with Crippen molar-refractivity contribution in [3.05, 3.63) is 0 Å². The molecule has 1 aliphatic rings. The number of unbranched alkanes of at least 4 members (excludes halogenated alkanes) is 15. The van der Waals surface area contributed by atoms with Gasteiger partial charge in [-0.25, -0.2) is 0 Å². The molecule has 0 spiro atoms. The summed E-state index contributed by atoms with van der Waals surface area (Å²) in [6, 6.07) is 0. The number of β-amino-alcohol motifs (C(OH)–C–C–N with tert-alkyl or cyclic N) is 1. The summed E-state index contributed by atoms with van der Waals surface area (Å²) in [4.78, 5) is 2.45. The summed E-state index contributed by atoms with van der Waals surface area (Å²) >= 11 is 1.96. The summed E-state index contributed by atoms with van der Waals surface area (Å²) < 4.78 is 0. The zero-order valence-electron chi connectivity index (χ0n) is 20.3. The molecule has 0 aliphatic carbocycles. The van der Waals surface area contributed by atoms with Crippen LogP contribution in [0.1, 0.15) is 129 Å². The fourth-order valence-corrected chi connectivity index (χ4v) is 5.42. The molecule has 1 atom stereocenters. The molecule has 1 fully saturated rings. The molecule has 0 radical (unpaired) electrons. The summed E-state index contributed by atoms with van der Waals surface area (Å²) in [5.74, 6) is 2.16. The second-order valence-electron chi connectivity index (χ2n) is 9.39. The molecule has 1 unspecified atom stereocenters. The Bertz CT molecular complexity index is 326. The van der Waals surface area contributed by atoms with Gasteiger partial charge in [0.1, 0.15) is 0 Å². The van der Waals surface area contributed by atoms with Gasteiger partial charge >= 0.3 is 0 Å². The van der Waals surface area contributed by atoms with Gasteiger partial charge in [0.2, 0.25) is 0 Å². The van der Waals surface area contributed by atoms with Crippen LogP contribution in [-0.4, -0.2) is 47.3 Å². The molecule has 0 saturated carbocycles. The van der Waals surface area contributed by atoms with Crippen molar-refractivity contribution in [1.82, 2.24) is 4.90 Å². The predicted octanol–water partition coefficient (Wildman–Crippen LogP) is 8.25. The van der Waals surface area contributed by atoms with Gasteiger partial charge in [0.05, 0.1) is 6.10 Å². The van der Waals surface area contributed by atoms with Gasteiger partial charge in [0, 0.05) is 12.3 Å². The molecule has 2 nitrogen and oxygen atoms in total. The molecule has 0 aromatic carbocycles. The minimum Gasteiger partial charge on any atom is -0.391 e. The summed E-state index contributed by atoms with van der Waals surface area (Å²) in [7, 11) is 0. The monoisotopic (exact) mass is 463 g/mol. The smallest absolute Gasteiger partial charge is 0.0757 e. The standard InChI is InChI=1S/C26H53NOS.ClH/c1-2-3-4-5-6-7-8-9-10-11-12-13-14-15-16-20-23-29-25-26(28)24-27-21-18-17-19-22-27;/h26,28H,2-25H2,1H3;1H. The van der Waals surface area contributed by atoms with E-state index in [2.05, 4.69) is 11.8 Å². The third-order valence-corrected chi connectivity index (χ3v) is 7.57. The Morgan fingerprint density at radius 1 is 0.667 bits per heavy atom. The molecule has 1 saturated heterocycles. The van der Waals surface area contributed by atoms with Crippen molar-refractivity contribution >= 4 is 24.2 Å². The van der Waals surface area contributed by atoms with Gasteiger partial charge in [-0.2, -0.15) is 11.8 Å². The summed E-state index contributed by atoms with van der Waals surface area (Å²) in [6.45, 7) is 5.58. The van der Waals surface area contributed by atoms with Gasteiger partial charge < -0.3 is 10.0 Å². The Balaban J connectivity index is 0.00000841. The molecule has 4 heteroatoms. The Labute approximate surface area is 200 Å². The van der Waals surface area contributed by atoms with Crippen molar-refractivity contribution in [3.63, 3.8) is 0 Å². The Kier molecular flexibility index (Phi) is 24.7. The summed E-state index contributed by atoms with van der Waals surface area (Å²) in [5.41, 5.74) is 0. The van der Waals surface area contributed by atoms with E-state index >= 15 is 0 Å².